The van der Waals surface area contributed by atoms with Crippen molar-refractivity contribution < 1.29 is 19.2 Å². The summed E-state index contributed by atoms with van der Waals surface area (Å²) in [6.45, 7) is 3.67. The van der Waals surface area contributed by atoms with Gasteiger partial charge in [-0.1, -0.05) is 17.3 Å². The first-order valence-electron chi connectivity index (χ1n) is 6.59. The van der Waals surface area contributed by atoms with Crippen molar-refractivity contribution >= 4 is 11.9 Å². The molecule has 0 spiro atoms. The van der Waals surface area contributed by atoms with E-state index >= 15 is 0 Å². The van der Waals surface area contributed by atoms with Gasteiger partial charge in [0.25, 0.3) is 0 Å². The highest BCUT2D eigenvalue weighted by atomic mass is 16.5. The fourth-order valence-electron chi connectivity index (χ4n) is 2.37. The van der Waals surface area contributed by atoms with Crippen molar-refractivity contribution in [2.75, 3.05) is 0 Å². The van der Waals surface area contributed by atoms with Crippen LogP contribution in [0.3, 0.4) is 0 Å². The molecule has 0 bridgehead atoms. The Balaban J connectivity index is 1.80. The minimum Gasteiger partial charge on any atom is -0.481 e. The molecule has 1 aromatic heterocycles. The van der Waals surface area contributed by atoms with Gasteiger partial charge in [-0.3, -0.25) is 9.59 Å². The number of hydrogen-bond acceptors (Lipinski definition) is 4. The van der Waals surface area contributed by atoms with E-state index in [1.165, 1.54) is 0 Å². The molecule has 1 aromatic rings. The number of amides is 1. The molecule has 0 saturated heterocycles. The molecule has 0 aromatic carbocycles. The van der Waals surface area contributed by atoms with Crippen LogP contribution < -0.4 is 5.32 Å². The quantitative estimate of drug-likeness (QED) is 0.793. The Bertz CT molecular complexity index is 528. The van der Waals surface area contributed by atoms with E-state index in [4.69, 9.17) is 9.63 Å². The number of rotatable bonds is 5. The Kier molecular flexibility index (Phi) is 4.22. The first-order valence-corrected chi connectivity index (χ1v) is 6.59. The molecule has 6 nitrogen and oxygen atoms in total. The average molecular weight is 278 g/mol. The first kappa shape index (κ1) is 14.3. The molecule has 0 fully saturated rings. The van der Waals surface area contributed by atoms with Crippen LogP contribution in [0.15, 0.2) is 16.7 Å². The number of nitrogens with one attached hydrogen (secondary N) is 1. The van der Waals surface area contributed by atoms with Crippen LogP contribution in [-0.2, 0) is 16.0 Å². The topological polar surface area (TPSA) is 92.4 Å². The predicted octanol–water partition coefficient (Wildman–Crippen LogP) is 1.37. The number of carboxylic acids is 1. The lowest BCUT2D eigenvalue weighted by molar-refractivity contribution is -0.140. The second-order valence-electron chi connectivity index (χ2n) is 5.04. The van der Waals surface area contributed by atoms with Gasteiger partial charge in [0.05, 0.1) is 11.6 Å². The zero-order chi connectivity index (χ0) is 14.7. The average Bonchev–Trinajstić information content (AvgIpc) is 2.96. The lowest BCUT2D eigenvalue weighted by atomic mass is 10.1. The molecule has 0 radical (unpaired) electrons. The summed E-state index contributed by atoms with van der Waals surface area (Å²) in [5.41, 5.74) is 1.77. The van der Waals surface area contributed by atoms with Crippen LogP contribution in [0, 0.1) is 19.8 Å². The maximum Gasteiger partial charge on any atom is 0.310 e. The molecule has 2 atom stereocenters. The van der Waals surface area contributed by atoms with Crippen LogP contribution in [0.4, 0.5) is 0 Å². The van der Waals surface area contributed by atoms with Gasteiger partial charge in [0.2, 0.25) is 5.91 Å². The van der Waals surface area contributed by atoms with Crippen LogP contribution in [0.2, 0.25) is 0 Å². The van der Waals surface area contributed by atoms with Crippen molar-refractivity contribution in [1.29, 1.82) is 0 Å². The highest BCUT2D eigenvalue weighted by Gasteiger charge is 2.25. The van der Waals surface area contributed by atoms with Gasteiger partial charge >= 0.3 is 5.97 Å². The molecule has 2 N–H and O–H groups in total. The molecule has 0 saturated carbocycles. The SMILES string of the molecule is Cc1noc(C)c1CCC(=O)NC1C=CC(C(=O)O)C1. The summed E-state index contributed by atoms with van der Waals surface area (Å²) >= 11 is 0. The van der Waals surface area contributed by atoms with Crippen LogP contribution in [-0.4, -0.2) is 28.2 Å². The van der Waals surface area contributed by atoms with E-state index in [-0.39, 0.29) is 11.9 Å². The Morgan fingerprint density at radius 3 is 2.75 bits per heavy atom. The summed E-state index contributed by atoms with van der Waals surface area (Å²) in [7, 11) is 0. The molecule has 1 aliphatic carbocycles. The normalized spacial score (nSPS) is 21.1. The Morgan fingerprint density at radius 1 is 1.45 bits per heavy atom. The smallest absolute Gasteiger partial charge is 0.310 e. The van der Waals surface area contributed by atoms with Crippen molar-refractivity contribution in [3.8, 4) is 0 Å². The molecule has 2 rings (SSSR count). The van der Waals surface area contributed by atoms with Gasteiger partial charge in [0.1, 0.15) is 5.76 Å². The zero-order valence-corrected chi connectivity index (χ0v) is 11.5. The molecular formula is C14H18N2O4. The summed E-state index contributed by atoms with van der Waals surface area (Å²) in [6.07, 6.45) is 4.71. The van der Waals surface area contributed by atoms with Crippen molar-refractivity contribution in [3.05, 3.63) is 29.2 Å². The summed E-state index contributed by atoms with van der Waals surface area (Å²) < 4.78 is 5.04. The maximum atomic E-state index is 11.8. The summed E-state index contributed by atoms with van der Waals surface area (Å²) in [4.78, 5) is 22.7. The van der Waals surface area contributed by atoms with E-state index in [0.717, 1.165) is 17.0 Å². The number of carboxylic acid groups (broad SMARTS) is 1. The lowest BCUT2D eigenvalue weighted by Gasteiger charge is -2.12. The molecule has 108 valence electrons. The van der Waals surface area contributed by atoms with Crippen LogP contribution in [0.25, 0.3) is 0 Å². The molecule has 0 aliphatic heterocycles. The monoisotopic (exact) mass is 278 g/mol. The minimum absolute atomic E-state index is 0.0920. The molecule has 6 heteroatoms. The molecule has 1 heterocycles. The Morgan fingerprint density at radius 2 is 2.20 bits per heavy atom. The summed E-state index contributed by atoms with van der Waals surface area (Å²) in [5.74, 6) is -0.704. The maximum absolute atomic E-state index is 11.8. The van der Waals surface area contributed by atoms with Crippen LogP contribution in [0.5, 0.6) is 0 Å². The van der Waals surface area contributed by atoms with E-state index < -0.39 is 11.9 Å². The van der Waals surface area contributed by atoms with E-state index in [1.807, 2.05) is 13.8 Å². The Labute approximate surface area is 116 Å². The van der Waals surface area contributed by atoms with E-state index in [1.54, 1.807) is 12.2 Å². The van der Waals surface area contributed by atoms with Gasteiger partial charge in [-0.15, -0.1) is 0 Å². The third kappa shape index (κ3) is 3.26. The number of carbonyl (C=O) groups excluding carboxylic acids is 1. The van der Waals surface area contributed by atoms with E-state index in [0.29, 0.717) is 19.3 Å². The van der Waals surface area contributed by atoms with Crippen molar-refractivity contribution in [1.82, 2.24) is 10.5 Å². The van der Waals surface area contributed by atoms with Gasteiger partial charge in [0, 0.05) is 18.0 Å². The number of nitrogens with zero attached hydrogens (tertiary/aromatic N) is 1. The number of carbonyl (C=O) groups is 2. The fourth-order valence-corrected chi connectivity index (χ4v) is 2.37. The molecule has 1 amide bonds. The molecule has 2 unspecified atom stereocenters. The van der Waals surface area contributed by atoms with Gasteiger partial charge in [-0.25, -0.2) is 0 Å². The largest absolute Gasteiger partial charge is 0.481 e. The van der Waals surface area contributed by atoms with E-state index in [9.17, 15) is 9.59 Å². The van der Waals surface area contributed by atoms with Gasteiger partial charge < -0.3 is 14.9 Å². The molecule has 20 heavy (non-hydrogen) atoms. The third-order valence-corrected chi connectivity index (χ3v) is 3.53. The predicted molar refractivity (Wildman–Crippen MR) is 71.1 cm³/mol. The first-order chi connectivity index (χ1) is 9.47. The second kappa shape index (κ2) is 5.90. The Hall–Kier alpha value is -2.11. The van der Waals surface area contributed by atoms with Crippen LogP contribution >= 0.6 is 0 Å². The number of aliphatic carboxylic acids is 1. The highest BCUT2D eigenvalue weighted by Crippen LogP contribution is 2.18. The van der Waals surface area contributed by atoms with Gasteiger partial charge in [-0.05, 0) is 26.7 Å². The number of aryl methyl sites for hydroxylation is 2. The van der Waals surface area contributed by atoms with Crippen LogP contribution in [0.1, 0.15) is 29.9 Å². The number of aromatic nitrogens is 1. The summed E-state index contributed by atoms with van der Waals surface area (Å²) in [6, 6.07) is -0.187. The fraction of sp³-hybridized carbons (Fsp3) is 0.500. The minimum atomic E-state index is -0.853. The van der Waals surface area contributed by atoms with Crippen molar-refractivity contribution in [2.45, 2.75) is 39.2 Å². The molecular weight excluding hydrogens is 260 g/mol. The van der Waals surface area contributed by atoms with Gasteiger partial charge in [-0.2, -0.15) is 0 Å². The van der Waals surface area contributed by atoms with Crippen molar-refractivity contribution in [3.63, 3.8) is 0 Å². The highest BCUT2D eigenvalue weighted by molar-refractivity contribution is 5.78. The number of hydrogen-bond donors (Lipinski definition) is 2. The lowest BCUT2D eigenvalue weighted by Crippen LogP contribution is -2.33. The summed E-state index contributed by atoms with van der Waals surface area (Å²) in [5, 5.41) is 15.5. The van der Waals surface area contributed by atoms with E-state index in [2.05, 4.69) is 10.5 Å². The van der Waals surface area contributed by atoms with Crippen molar-refractivity contribution in [2.24, 2.45) is 5.92 Å². The molecule has 1 aliphatic rings. The van der Waals surface area contributed by atoms with Gasteiger partial charge in [0.15, 0.2) is 0 Å². The standard InChI is InChI=1S/C14H18N2O4/c1-8-12(9(2)20-16-8)5-6-13(17)15-11-4-3-10(7-11)14(18)19/h3-4,10-11H,5-7H2,1-2H3,(H,15,17)(H,18,19). The zero-order valence-electron chi connectivity index (χ0n) is 11.5. The second-order valence-corrected chi connectivity index (χ2v) is 5.04. The third-order valence-electron chi connectivity index (χ3n) is 3.53.